The van der Waals surface area contributed by atoms with Gasteiger partial charge in [-0.25, -0.2) is 0 Å². The van der Waals surface area contributed by atoms with Crippen molar-refractivity contribution in [1.29, 1.82) is 0 Å². The summed E-state index contributed by atoms with van der Waals surface area (Å²) in [5, 5.41) is 0. The van der Waals surface area contributed by atoms with Crippen molar-refractivity contribution in [3.05, 3.63) is 35.9 Å². The maximum absolute atomic E-state index is 12.1. The number of esters is 1. The maximum atomic E-state index is 12.1. The van der Waals surface area contributed by atoms with Gasteiger partial charge in [-0.1, -0.05) is 55.2 Å². The molecule has 0 fully saturated rings. The van der Waals surface area contributed by atoms with Gasteiger partial charge in [0, 0.05) is 18.4 Å². The molecule has 0 radical (unpaired) electrons. The molecular weight excluding hydrogens is 308 g/mol. The smallest absolute Gasteiger partial charge is 0.312 e. The molecule has 0 heterocycles. The van der Waals surface area contributed by atoms with Crippen LogP contribution in [0.25, 0.3) is 0 Å². The Bertz CT molecular complexity index is 630. The lowest BCUT2D eigenvalue weighted by molar-refractivity contribution is -0.156. The van der Waals surface area contributed by atoms with Gasteiger partial charge in [0.2, 0.25) is 0 Å². The van der Waals surface area contributed by atoms with Crippen molar-refractivity contribution in [1.82, 2.24) is 0 Å². The molecule has 2 heteroatoms. The van der Waals surface area contributed by atoms with Gasteiger partial charge in [0.1, 0.15) is 0 Å². The fourth-order valence-electron chi connectivity index (χ4n) is 1.98. The molecule has 1 unspecified atom stereocenters. The Balaban J connectivity index is 2.53. The number of hydrogen-bond donors (Lipinski definition) is 0. The van der Waals surface area contributed by atoms with E-state index in [1.807, 2.05) is 51.1 Å². The molecule has 1 rings (SSSR count). The summed E-state index contributed by atoms with van der Waals surface area (Å²) in [5.41, 5.74) is 0.522. The molecule has 0 aliphatic carbocycles. The van der Waals surface area contributed by atoms with Crippen LogP contribution >= 0.6 is 0 Å². The number of carbonyl (C=O) groups is 1. The Morgan fingerprint density at radius 3 is 2.40 bits per heavy atom. The van der Waals surface area contributed by atoms with Crippen molar-refractivity contribution in [2.24, 2.45) is 5.41 Å². The van der Waals surface area contributed by atoms with Gasteiger partial charge in [-0.05, 0) is 52.2 Å². The van der Waals surface area contributed by atoms with Crippen LogP contribution in [0.2, 0.25) is 0 Å². The van der Waals surface area contributed by atoms with Crippen LogP contribution in [0.15, 0.2) is 30.3 Å². The first-order valence-corrected chi connectivity index (χ1v) is 9.17. The fourth-order valence-corrected chi connectivity index (χ4v) is 1.98. The zero-order chi connectivity index (χ0) is 18.5. The van der Waals surface area contributed by atoms with Crippen LogP contribution in [0.5, 0.6) is 0 Å². The van der Waals surface area contributed by atoms with Gasteiger partial charge < -0.3 is 4.74 Å². The maximum Gasteiger partial charge on any atom is 0.312 e. The van der Waals surface area contributed by atoms with E-state index in [1.165, 1.54) is 0 Å². The highest BCUT2D eigenvalue weighted by Crippen LogP contribution is 2.18. The topological polar surface area (TPSA) is 26.3 Å². The van der Waals surface area contributed by atoms with Crippen molar-refractivity contribution < 1.29 is 9.53 Å². The normalized spacial score (nSPS) is 11.5. The van der Waals surface area contributed by atoms with Crippen LogP contribution < -0.4 is 0 Å². The first kappa shape index (κ1) is 20.9. The average Bonchev–Trinajstić information content (AvgIpc) is 2.58. The molecule has 25 heavy (non-hydrogen) atoms. The van der Waals surface area contributed by atoms with Crippen LogP contribution in [0.3, 0.4) is 0 Å². The molecule has 1 atom stereocenters. The molecule has 0 amide bonds. The monoisotopic (exact) mass is 338 g/mol. The summed E-state index contributed by atoms with van der Waals surface area (Å²) in [6, 6.07) is 9.95. The standard InChI is InChI=1S/C23H30O2/c1-5-6-7-13-18-21(25-22(24)23(2,3)4)19-14-9-12-17-20-15-10-8-11-16-20/h8,10-11,15-16,21H,5-7,9,14,19H2,1-4H3. The first-order chi connectivity index (χ1) is 11.9. The first-order valence-electron chi connectivity index (χ1n) is 9.17. The van der Waals surface area contributed by atoms with E-state index in [1.54, 1.807) is 0 Å². The average molecular weight is 338 g/mol. The minimum atomic E-state index is -0.504. The number of ether oxygens (including phenoxy) is 1. The molecule has 0 spiro atoms. The lowest BCUT2D eigenvalue weighted by atomic mass is 9.97. The Labute approximate surface area is 153 Å². The zero-order valence-corrected chi connectivity index (χ0v) is 16.0. The van der Waals surface area contributed by atoms with E-state index in [2.05, 4.69) is 30.6 Å². The molecule has 134 valence electrons. The van der Waals surface area contributed by atoms with Crippen molar-refractivity contribution in [3.8, 4) is 23.7 Å². The number of benzene rings is 1. The summed E-state index contributed by atoms with van der Waals surface area (Å²) in [7, 11) is 0. The predicted octanol–water partition coefficient (Wildman–Crippen LogP) is 5.36. The summed E-state index contributed by atoms with van der Waals surface area (Å²) < 4.78 is 5.60. The second kappa shape index (κ2) is 11.4. The van der Waals surface area contributed by atoms with Crippen molar-refractivity contribution in [2.75, 3.05) is 0 Å². The third-order valence-electron chi connectivity index (χ3n) is 3.55. The van der Waals surface area contributed by atoms with E-state index < -0.39 is 5.41 Å². The molecule has 1 aromatic rings. The van der Waals surface area contributed by atoms with Gasteiger partial charge in [0.25, 0.3) is 0 Å². The second-order valence-corrected chi connectivity index (χ2v) is 7.13. The quantitative estimate of drug-likeness (QED) is 0.396. The highest BCUT2D eigenvalue weighted by atomic mass is 16.5. The molecular formula is C23H30O2. The molecule has 0 N–H and O–H groups in total. The van der Waals surface area contributed by atoms with Crippen molar-refractivity contribution in [2.45, 2.75) is 72.3 Å². The van der Waals surface area contributed by atoms with Gasteiger partial charge >= 0.3 is 5.97 Å². The number of hydrogen-bond acceptors (Lipinski definition) is 2. The number of unbranched alkanes of at least 4 members (excludes halogenated alkanes) is 3. The minimum absolute atomic E-state index is 0.197. The van der Waals surface area contributed by atoms with Crippen LogP contribution in [-0.2, 0) is 9.53 Å². The van der Waals surface area contributed by atoms with Crippen molar-refractivity contribution in [3.63, 3.8) is 0 Å². The van der Waals surface area contributed by atoms with Gasteiger partial charge in [-0.15, -0.1) is 0 Å². The van der Waals surface area contributed by atoms with E-state index in [9.17, 15) is 4.79 Å². The highest BCUT2D eigenvalue weighted by molar-refractivity contribution is 5.75. The van der Waals surface area contributed by atoms with Crippen LogP contribution in [0, 0.1) is 29.1 Å². The zero-order valence-electron chi connectivity index (χ0n) is 16.0. The molecule has 2 nitrogen and oxygen atoms in total. The molecule has 0 saturated carbocycles. The SMILES string of the molecule is CCCCC#CC(CCCC#Cc1ccccc1)OC(=O)C(C)(C)C. The fraction of sp³-hybridized carbons (Fsp3) is 0.522. The number of carbonyl (C=O) groups excluding carboxylic acids is 1. The Morgan fingerprint density at radius 2 is 1.76 bits per heavy atom. The van der Waals surface area contributed by atoms with E-state index >= 15 is 0 Å². The third kappa shape index (κ3) is 9.63. The molecule has 0 aliphatic rings. The molecule has 0 aromatic heterocycles. The summed E-state index contributed by atoms with van der Waals surface area (Å²) in [4.78, 5) is 12.1. The molecule has 0 aliphatic heterocycles. The minimum Gasteiger partial charge on any atom is -0.449 e. The number of rotatable bonds is 6. The van der Waals surface area contributed by atoms with E-state index in [-0.39, 0.29) is 12.1 Å². The Morgan fingerprint density at radius 1 is 1.08 bits per heavy atom. The highest BCUT2D eigenvalue weighted by Gasteiger charge is 2.25. The van der Waals surface area contributed by atoms with Crippen LogP contribution in [-0.4, -0.2) is 12.1 Å². The van der Waals surface area contributed by atoms with Crippen LogP contribution in [0.1, 0.15) is 71.8 Å². The Kier molecular flexibility index (Phi) is 9.49. The summed E-state index contributed by atoms with van der Waals surface area (Å²) >= 11 is 0. The van der Waals surface area contributed by atoms with Crippen LogP contribution in [0.4, 0.5) is 0 Å². The van der Waals surface area contributed by atoms with Gasteiger partial charge in [0.15, 0.2) is 6.10 Å². The van der Waals surface area contributed by atoms with E-state index in [0.29, 0.717) is 0 Å². The van der Waals surface area contributed by atoms with E-state index in [0.717, 1.165) is 44.1 Å². The summed E-state index contributed by atoms with van der Waals surface area (Å²) in [6.07, 6.45) is 5.09. The molecule has 0 bridgehead atoms. The van der Waals surface area contributed by atoms with E-state index in [4.69, 9.17) is 4.74 Å². The second-order valence-electron chi connectivity index (χ2n) is 7.13. The molecule has 1 aromatic carbocycles. The summed E-state index contributed by atoms with van der Waals surface area (Å²) in [6.45, 7) is 7.73. The lowest BCUT2D eigenvalue weighted by Gasteiger charge is -2.20. The van der Waals surface area contributed by atoms with Gasteiger partial charge in [0.05, 0.1) is 5.41 Å². The molecule has 0 saturated heterocycles. The third-order valence-corrected chi connectivity index (χ3v) is 3.55. The Hall–Kier alpha value is -2.19. The lowest BCUT2D eigenvalue weighted by Crippen LogP contribution is -2.27. The van der Waals surface area contributed by atoms with Gasteiger partial charge in [-0.2, -0.15) is 0 Å². The summed E-state index contributed by atoms with van der Waals surface area (Å²) in [5.74, 6) is 12.4. The van der Waals surface area contributed by atoms with Crippen molar-refractivity contribution >= 4 is 5.97 Å². The van der Waals surface area contributed by atoms with Gasteiger partial charge in [-0.3, -0.25) is 4.79 Å². The predicted molar refractivity (Wildman–Crippen MR) is 104 cm³/mol. The largest absolute Gasteiger partial charge is 0.449 e.